The van der Waals surface area contributed by atoms with Crippen molar-refractivity contribution < 1.29 is 9.18 Å². The Labute approximate surface area is 170 Å². The van der Waals surface area contributed by atoms with Gasteiger partial charge in [-0.25, -0.2) is 9.18 Å². The van der Waals surface area contributed by atoms with E-state index in [-0.39, 0.29) is 23.8 Å². The Bertz CT molecular complexity index is 937. The Morgan fingerprint density at radius 1 is 1.17 bits per heavy atom. The van der Waals surface area contributed by atoms with E-state index < -0.39 is 0 Å². The van der Waals surface area contributed by atoms with Crippen LogP contribution in [0.3, 0.4) is 0 Å². The highest BCUT2D eigenvalue weighted by atomic mass is 19.1. The second kappa shape index (κ2) is 7.84. The highest BCUT2D eigenvalue weighted by Crippen LogP contribution is 2.45. The third-order valence-electron chi connectivity index (χ3n) is 6.05. The maximum absolute atomic E-state index is 13.9. The zero-order chi connectivity index (χ0) is 20.5. The number of likely N-dealkylation sites (tertiary alicyclic amines) is 2. The largest absolute Gasteiger partial charge is 0.331 e. The summed E-state index contributed by atoms with van der Waals surface area (Å²) in [5.41, 5.74) is 2.71. The normalized spacial score (nSPS) is 23.7. The van der Waals surface area contributed by atoms with Gasteiger partial charge in [0.05, 0.1) is 17.7 Å². The van der Waals surface area contributed by atoms with Gasteiger partial charge in [-0.15, -0.1) is 0 Å². The molecular formula is C23H25FN4O. The molecule has 5 nitrogen and oxygen atoms in total. The maximum Gasteiger partial charge on any atom is 0.320 e. The summed E-state index contributed by atoms with van der Waals surface area (Å²) in [6.45, 7) is 3.28. The molecule has 0 unspecified atom stereocenters. The van der Waals surface area contributed by atoms with Gasteiger partial charge in [0.1, 0.15) is 5.82 Å². The van der Waals surface area contributed by atoms with Gasteiger partial charge in [0.15, 0.2) is 0 Å². The van der Waals surface area contributed by atoms with Crippen molar-refractivity contribution in [2.45, 2.75) is 12.6 Å². The maximum atomic E-state index is 13.9. The number of carbonyl (C=O) groups excluding carboxylic acids is 1. The molecule has 2 heterocycles. The molecule has 2 aromatic rings. The molecule has 0 saturated carbocycles. The summed E-state index contributed by atoms with van der Waals surface area (Å²) in [7, 11) is 3.52. The van der Waals surface area contributed by atoms with Gasteiger partial charge in [0.25, 0.3) is 0 Å². The van der Waals surface area contributed by atoms with E-state index in [1.54, 1.807) is 31.1 Å². The first kappa shape index (κ1) is 19.4. The number of halogens is 1. The van der Waals surface area contributed by atoms with Gasteiger partial charge >= 0.3 is 6.03 Å². The van der Waals surface area contributed by atoms with E-state index in [1.165, 1.54) is 11.6 Å². The van der Waals surface area contributed by atoms with Gasteiger partial charge in [-0.05, 0) is 41.3 Å². The Morgan fingerprint density at radius 3 is 2.59 bits per heavy atom. The lowest BCUT2D eigenvalue weighted by atomic mass is 9.89. The Hall–Kier alpha value is -2.91. The van der Waals surface area contributed by atoms with Crippen molar-refractivity contribution in [1.29, 1.82) is 5.26 Å². The molecule has 2 saturated heterocycles. The number of amides is 2. The first-order valence-corrected chi connectivity index (χ1v) is 9.91. The molecule has 0 aliphatic carbocycles. The van der Waals surface area contributed by atoms with E-state index in [9.17, 15) is 9.18 Å². The van der Waals surface area contributed by atoms with Gasteiger partial charge in [0.2, 0.25) is 0 Å². The van der Waals surface area contributed by atoms with Crippen molar-refractivity contribution in [3.63, 3.8) is 0 Å². The molecule has 0 radical (unpaired) electrons. The first-order chi connectivity index (χ1) is 14.0. The highest BCUT2D eigenvalue weighted by Gasteiger charge is 2.49. The van der Waals surface area contributed by atoms with Crippen LogP contribution in [-0.4, -0.2) is 54.5 Å². The zero-order valence-electron chi connectivity index (χ0n) is 16.8. The monoisotopic (exact) mass is 392 g/mol. The predicted octanol–water partition coefficient (Wildman–Crippen LogP) is 3.48. The summed E-state index contributed by atoms with van der Waals surface area (Å²) in [5, 5.41) is 8.96. The van der Waals surface area contributed by atoms with Crippen molar-refractivity contribution >= 4 is 6.03 Å². The molecule has 2 amide bonds. The topological polar surface area (TPSA) is 50.6 Å². The second-order valence-corrected chi connectivity index (χ2v) is 8.26. The quantitative estimate of drug-likeness (QED) is 0.804. The van der Waals surface area contributed by atoms with Gasteiger partial charge in [-0.3, -0.25) is 4.90 Å². The van der Waals surface area contributed by atoms with Crippen LogP contribution in [-0.2, 0) is 6.54 Å². The second-order valence-electron chi connectivity index (χ2n) is 8.26. The molecule has 2 aromatic carbocycles. The SMILES string of the molecule is CN(C)C(=O)N1C[C@H]2CN(Cc3ccc(C#N)cc3)C[C@H]2[C@@H]1c1cccc(F)c1. The van der Waals surface area contributed by atoms with Gasteiger partial charge < -0.3 is 9.80 Å². The Balaban J connectivity index is 1.55. The van der Waals surface area contributed by atoms with Crippen LogP contribution < -0.4 is 0 Å². The lowest BCUT2D eigenvalue weighted by molar-refractivity contribution is 0.151. The number of nitriles is 1. The van der Waals surface area contributed by atoms with Crippen molar-refractivity contribution in [1.82, 2.24) is 14.7 Å². The molecule has 0 N–H and O–H groups in total. The van der Waals surface area contributed by atoms with Crippen LogP contribution in [0.1, 0.15) is 22.7 Å². The van der Waals surface area contributed by atoms with Crippen LogP contribution in [0, 0.1) is 29.0 Å². The summed E-state index contributed by atoms with van der Waals surface area (Å²) in [4.78, 5) is 18.7. The number of hydrogen-bond donors (Lipinski definition) is 0. The molecule has 2 fully saturated rings. The lowest BCUT2D eigenvalue weighted by Crippen LogP contribution is -2.41. The summed E-state index contributed by atoms with van der Waals surface area (Å²) in [5.74, 6) is 0.375. The first-order valence-electron chi connectivity index (χ1n) is 9.91. The number of carbonyl (C=O) groups is 1. The van der Waals surface area contributed by atoms with E-state index >= 15 is 0 Å². The average molecular weight is 392 g/mol. The minimum Gasteiger partial charge on any atom is -0.331 e. The average Bonchev–Trinajstić information content (AvgIpc) is 3.24. The van der Waals surface area contributed by atoms with Gasteiger partial charge in [-0.2, -0.15) is 5.26 Å². The predicted molar refractivity (Wildman–Crippen MR) is 108 cm³/mol. The van der Waals surface area contributed by atoms with E-state index in [0.717, 1.165) is 25.2 Å². The van der Waals surface area contributed by atoms with Crippen molar-refractivity contribution in [2.75, 3.05) is 33.7 Å². The number of rotatable bonds is 3. The number of nitrogens with zero attached hydrogens (tertiary/aromatic N) is 4. The molecular weight excluding hydrogens is 367 g/mol. The van der Waals surface area contributed by atoms with Crippen molar-refractivity contribution in [3.8, 4) is 6.07 Å². The van der Waals surface area contributed by atoms with E-state index in [2.05, 4.69) is 11.0 Å². The molecule has 4 rings (SSSR count). The third-order valence-corrected chi connectivity index (χ3v) is 6.05. The van der Waals surface area contributed by atoms with Crippen LogP contribution in [0.15, 0.2) is 48.5 Å². The lowest BCUT2D eigenvalue weighted by Gasteiger charge is -2.32. The number of benzene rings is 2. The van der Waals surface area contributed by atoms with Gasteiger partial charge in [0, 0.05) is 46.2 Å². The van der Waals surface area contributed by atoms with Crippen LogP contribution in [0.2, 0.25) is 0 Å². The summed E-state index contributed by atoms with van der Waals surface area (Å²) >= 11 is 0. The standard InChI is InChI=1S/C23H25FN4O/c1-26(2)23(29)28-14-19-13-27(12-17-8-6-16(11-25)7-9-17)15-21(19)22(28)18-4-3-5-20(24)10-18/h3-10,19,21-22H,12-15H2,1-2H3/t19-,21-,22+/m1/s1. The highest BCUT2D eigenvalue weighted by molar-refractivity contribution is 5.75. The van der Waals surface area contributed by atoms with E-state index in [4.69, 9.17) is 5.26 Å². The van der Waals surface area contributed by atoms with Crippen molar-refractivity contribution in [3.05, 3.63) is 71.0 Å². The Morgan fingerprint density at radius 2 is 1.93 bits per heavy atom. The molecule has 0 bridgehead atoms. The fraction of sp³-hybridized carbons (Fsp3) is 0.391. The number of fused-ring (bicyclic) bond motifs is 1. The number of hydrogen-bond acceptors (Lipinski definition) is 3. The van der Waals surface area contributed by atoms with E-state index in [1.807, 2.05) is 35.2 Å². The molecule has 6 heteroatoms. The molecule has 2 aliphatic rings. The van der Waals surface area contributed by atoms with Crippen LogP contribution in [0.25, 0.3) is 0 Å². The molecule has 2 aliphatic heterocycles. The van der Waals surface area contributed by atoms with Crippen LogP contribution in [0.5, 0.6) is 0 Å². The molecule has 0 spiro atoms. The number of urea groups is 1. The molecule has 29 heavy (non-hydrogen) atoms. The van der Waals surface area contributed by atoms with Crippen molar-refractivity contribution in [2.24, 2.45) is 11.8 Å². The summed E-state index contributed by atoms with van der Waals surface area (Å²) in [6, 6.07) is 16.4. The fourth-order valence-corrected chi connectivity index (χ4v) is 4.78. The zero-order valence-corrected chi connectivity index (χ0v) is 16.8. The summed E-state index contributed by atoms with van der Waals surface area (Å²) in [6.07, 6.45) is 0. The van der Waals surface area contributed by atoms with Gasteiger partial charge in [-0.1, -0.05) is 24.3 Å². The van der Waals surface area contributed by atoms with Crippen LogP contribution >= 0.6 is 0 Å². The molecule has 150 valence electrons. The Kier molecular flexibility index (Phi) is 5.25. The molecule has 0 aromatic heterocycles. The minimum atomic E-state index is -0.268. The molecule has 3 atom stereocenters. The third kappa shape index (κ3) is 3.83. The smallest absolute Gasteiger partial charge is 0.320 e. The fourth-order valence-electron chi connectivity index (χ4n) is 4.78. The summed E-state index contributed by atoms with van der Waals surface area (Å²) < 4.78 is 13.9. The van der Waals surface area contributed by atoms with Crippen LogP contribution in [0.4, 0.5) is 9.18 Å². The minimum absolute atomic E-state index is 0.0210. The van der Waals surface area contributed by atoms with E-state index in [0.29, 0.717) is 18.0 Å².